The molecule has 0 heterocycles. The Kier molecular flexibility index (Phi) is 7.36. The van der Waals surface area contributed by atoms with Crippen LogP contribution in [0, 0.1) is 5.82 Å². The molecular weight excluding hydrogens is 265 g/mol. The zero-order valence-corrected chi connectivity index (χ0v) is 12.6. The maximum Gasteiger partial charge on any atom is 0.123 e. The molecule has 2 unspecified atom stereocenters. The predicted octanol–water partition coefficient (Wildman–Crippen LogP) is 4.33. The second-order valence-electron chi connectivity index (χ2n) is 4.48. The molecule has 19 heavy (non-hydrogen) atoms. The van der Waals surface area contributed by atoms with Gasteiger partial charge in [-0.15, -0.1) is 0 Å². The summed E-state index contributed by atoms with van der Waals surface area (Å²) >= 11 is 6.21. The zero-order chi connectivity index (χ0) is 14.3. The van der Waals surface area contributed by atoms with Crippen molar-refractivity contribution in [2.75, 3.05) is 13.2 Å². The number of likely N-dealkylation sites (N-methyl/N-ethyl adjacent to an activating group) is 1. The van der Waals surface area contributed by atoms with Gasteiger partial charge in [-0.3, -0.25) is 0 Å². The van der Waals surface area contributed by atoms with Crippen LogP contribution in [0.1, 0.15) is 45.2 Å². The highest BCUT2D eigenvalue weighted by Gasteiger charge is 2.24. The topological polar surface area (TPSA) is 21.3 Å². The minimum Gasteiger partial charge on any atom is -0.377 e. The summed E-state index contributed by atoms with van der Waals surface area (Å²) in [4.78, 5) is 0. The molecule has 0 aliphatic heterocycles. The molecule has 1 aromatic rings. The molecule has 0 saturated heterocycles. The lowest BCUT2D eigenvalue weighted by molar-refractivity contribution is 0.0279. The van der Waals surface area contributed by atoms with E-state index in [1.54, 1.807) is 6.07 Å². The largest absolute Gasteiger partial charge is 0.377 e. The SMILES string of the molecule is CCCC(OCC)C(NCC)c1cc(F)ccc1Cl. The van der Waals surface area contributed by atoms with Crippen LogP contribution in [0.25, 0.3) is 0 Å². The normalized spacial score (nSPS) is 14.4. The van der Waals surface area contributed by atoms with Crippen molar-refractivity contribution < 1.29 is 9.13 Å². The van der Waals surface area contributed by atoms with Crippen LogP contribution in [0.3, 0.4) is 0 Å². The van der Waals surface area contributed by atoms with E-state index in [-0.39, 0.29) is 18.0 Å². The van der Waals surface area contributed by atoms with Crippen LogP contribution in [-0.2, 0) is 4.74 Å². The molecule has 0 fully saturated rings. The van der Waals surface area contributed by atoms with Crippen LogP contribution in [0.4, 0.5) is 4.39 Å². The quantitative estimate of drug-likeness (QED) is 0.768. The number of hydrogen-bond acceptors (Lipinski definition) is 2. The number of hydrogen-bond donors (Lipinski definition) is 1. The van der Waals surface area contributed by atoms with Crippen molar-refractivity contribution in [2.24, 2.45) is 0 Å². The van der Waals surface area contributed by atoms with E-state index in [2.05, 4.69) is 12.2 Å². The summed E-state index contributed by atoms with van der Waals surface area (Å²) < 4.78 is 19.3. The molecule has 0 aliphatic carbocycles. The van der Waals surface area contributed by atoms with E-state index in [0.29, 0.717) is 11.6 Å². The highest BCUT2D eigenvalue weighted by Crippen LogP contribution is 2.29. The molecule has 0 amide bonds. The van der Waals surface area contributed by atoms with Gasteiger partial charge in [0.05, 0.1) is 12.1 Å². The predicted molar refractivity (Wildman–Crippen MR) is 78.1 cm³/mol. The Morgan fingerprint density at radius 3 is 2.63 bits per heavy atom. The Morgan fingerprint density at radius 2 is 2.05 bits per heavy atom. The summed E-state index contributed by atoms with van der Waals surface area (Å²) in [6, 6.07) is 4.40. The van der Waals surface area contributed by atoms with Crippen molar-refractivity contribution in [1.29, 1.82) is 0 Å². The molecule has 2 atom stereocenters. The Bertz CT molecular complexity index is 380. The third-order valence-corrected chi connectivity index (χ3v) is 3.39. The first kappa shape index (κ1) is 16.4. The number of nitrogens with one attached hydrogen (secondary N) is 1. The average molecular weight is 288 g/mol. The number of ether oxygens (including phenoxy) is 1. The third-order valence-electron chi connectivity index (χ3n) is 3.04. The fourth-order valence-corrected chi connectivity index (χ4v) is 2.49. The van der Waals surface area contributed by atoms with Crippen molar-refractivity contribution in [1.82, 2.24) is 5.32 Å². The molecular formula is C15H23ClFNO. The average Bonchev–Trinajstić information content (AvgIpc) is 2.39. The van der Waals surface area contributed by atoms with Gasteiger partial charge < -0.3 is 10.1 Å². The molecule has 0 aromatic heterocycles. The summed E-state index contributed by atoms with van der Waals surface area (Å²) in [7, 11) is 0. The van der Waals surface area contributed by atoms with Gasteiger partial charge in [0.25, 0.3) is 0 Å². The number of rotatable bonds is 8. The van der Waals surface area contributed by atoms with Gasteiger partial charge in [-0.2, -0.15) is 0 Å². The molecule has 0 aliphatic rings. The molecule has 0 spiro atoms. The smallest absolute Gasteiger partial charge is 0.123 e. The molecule has 0 bridgehead atoms. The lowest BCUT2D eigenvalue weighted by Crippen LogP contribution is -2.34. The molecule has 2 nitrogen and oxygen atoms in total. The Hall–Kier alpha value is -0.640. The summed E-state index contributed by atoms with van der Waals surface area (Å²) in [6.45, 7) is 7.53. The number of halogens is 2. The molecule has 0 radical (unpaired) electrons. The van der Waals surface area contributed by atoms with Crippen LogP contribution in [0.2, 0.25) is 5.02 Å². The first-order chi connectivity index (χ1) is 9.13. The molecule has 108 valence electrons. The first-order valence-electron chi connectivity index (χ1n) is 6.93. The van der Waals surface area contributed by atoms with Gasteiger partial charge in [-0.1, -0.05) is 31.9 Å². The van der Waals surface area contributed by atoms with Gasteiger partial charge in [0.2, 0.25) is 0 Å². The minimum atomic E-state index is -0.269. The molecule has 1 aromatic carbocycles. The van der Waals surface area contributed by atoms with Gasteiger partial charge in [-0.05, 0) is 43.7 Å². The lowest BCUT2D eigenvalue weighted by Gasteiger charge is -2.28. The van der Waals surface area contributed by atoms with Gasteiger partial charge in [0, 0.05) is 11.6 Å². The van der Waals surface area contributed by atoms with Crippen molar-refractivity contribution in [3.8, 4) is 0 Å². The van der Waals surface area contributed by atoms with E-state index < -0.39 is 0 Å². The Labute approximate surface area is 120 Å². The van der Waals surface area contributed by atoms with Crippen LogP contribution in [0.5, 0.6) is 0 Å². The standard InChI is InChI=1S/C15H23ClFNO/c1-4-7-14(19-6-3)15(18-5-2)12-10-11(17)8-9-13(12)16/h8-10,14-15,18H,4-7H2,1-3H3. The van der Waals surface area contributed by atoms with Crippen molar-refractivity contribution >= 4 is 11.6 Å². The number of benzene rings is 1. The Morgan fingerprint density at radius 1 is 1.32 bits per heavy atom. The lowest BCUT2D eigenvalue weighted by atomic mass is 9.97. The second-order valence-corrected chi connectivity index (χ2v) is 4.89. The minimum absolute atomic E-state index is 0.00856. The van der Waals surface area contributed by atoms with E-state index in [4.69, 9.17) is 16.3 Å². The van der Waals surface area contributed by atoms with Crippen LogP contribution in [0.15, 0.2) is 18.2 Å². The molecule has 1 N–H and O–H groups in total. The van der Waals surface area contributed by atoms with E-state index >= 15 is 0 Å². The highest BCUT2D eigenvalue weighted by molar-refractivity contribution is 6.31. The monoisotopic (exact) mass is 287 g/mol. The summed E-state index contributed by atoms with van der Waals surface area (Å²) in [5.41, 5.74) is 0.774. The van der Waals surface area contributed by atoms with Crippen LogP contribution < -0.4 is 5.32 Å². The maximum atomic E-state index is 13.5. The summed E-state index contributed by atoms with van der Waals surface area (Å²) in [6.07, 6.45) is 1.94. The first-order valence-corrected chi connectivity index (χ1v) is 7.31. The van der Waals surface area contributed by atoms with Crippen molar-refractivity contribution in [3.05, 3.63) is 34.6 Å². The fourth-order valence-electron chi connectivity index (χ4n) is 2.26. The van der Waals surface area contributed by atoms with Crippen LogP contribution >= 0.6 is 11.6 Å². The second kappa shape index (κ2) is 8.51. The van der Waals surface area contributed by atoms with E-state index in [0.717, 1.165) is 24.9 Å². The molecule has 0 saturated carbocycles. The van der Waals surface area contributed by atoms with Crippen molar-refractivity contribution in [3.63, 3.8) is 0 Å². The van der Waals surface area contributed by atoms with Gasteiger partial charge >= 0.3 is 0 Å². The van der Waals surface area contributed by atoms with E-state index in [1.807, 2.05) is 13.8 Å². The van der Waals surface area contributed by atoms with Gasteiger partial charge in [0.15, 0.2) is 0 Å². The zero-order valence-electron chi connectivity index (χ0n) is 11.9. The molecule has 4 heteroatoms. The summed E-state index contributed by atoms with van der Waals surface area (Å²) in [5, 5.41) is 3.94. The third kappa shape index (κ3) is 4.75. The van der Waals surface area contributed by atoms with E-state index in [9.17, 15) is 4.39 Å². The highest BCUT2D eigenvalue weighted by atomic mass is 35.5. The summed E-state index contributed by atoms with van der Waals surface area (Å²) in [5.74, 6) is -0.269. The molecule has 1 rings (SSSR count). The van der Waals surface area contributed by atoms with Gasteiger partial charge in [0.1, 0.15) is 5.82 Å². The van der Waals surface area contributed by atoms with E-state index in [1.165, 1.54) is 12.1 Å². The Balaban J connectivity index is 3.05. The van der Waals surface area contributed by atoms with Gasteiger partial charge in [-0.25, -0.2) is 4.39 Å². The fraction of sp³-hybridized carbons (Fsp3) is 0.600. The van der Waals surface area contributed by atoms with Crippen molar-refractivity contribution in [2.45, 2.75) is 45.8 Å². The van der Waals surface area contributed by atoms with Crippen LogP contribution in [-0.4, -0.2) is 19.3 Å². The maximum absolute atomic E-state index is 13.5.